The third-order valence-electron chi connectivity index (χ3n) is 3.02. The summed E-state index contributed by atoms with van der Waals surface area (Å²) in [5.74, 6) is -0.582. The van der Waals surface area contributed by atoms with E-state index < -0.39 is 0 Å². The van der Waals surface area contributed by atoms with E-state index in [0.29, 0.717) is 16.3 Å². The van der Waals surface area contributed by atoms with Crippen molar-refractivity contribution in [2.75, 3.05) is 11.9 Å². The molecule has 0 aromatic heterocycles. The van der Waals surface area contributed by atoms with E-state index in [0.717, 1.165) is 5.56 Å². The Kier molecular flexibility index (Phi) is 5.73. The molecule has 0 radical (unpaired) electrons. The van der Waals surface area contributed by atoms with Crippen molar-refractivity contribution in [2.24, 2.45) is 0 Å². The van der Waals surface area contributed by atoms with E-state index in [-0.39, 0.29) is 24.8 Å². The maximum Gasteiger partial charge on any atom is 0.243 e. The zero-order valence-corrected chi connectivity index (χ0v) is 12.9. The molecule has 2 amide bonds. The van der Waals surface area contributed by atoms with Crippen molar-refractivity contribution in [3.8, 4) is 6.07 Å². The molecule has 0 aliphatic carbocycles. The summed E-state index contributed by atoms with van der Waals surface area (Å²) >= 11 is 5.78. The molecule has 0 atom stereocenters. The Morgan fingerprint density at radius 3 is 2.26 bits per heavy atom. The minimum absolute atomic E-state index is 0.119. The normalized spacial score (nSPS) is 9.74. The first kappa shape index (κ1) is 16.5. The molecule has 0 bridgehead atoms. The van der Waals surface area contributed by atoms with Crippen LogP contribution in [0, 0.1) is 11.3 Å². The van der Waals surface area contributed by atoms with E-state index in [4.69, 9.17) is 16.9 Å². The highest BCUT2D eigenvalue weighted by Gasteiger charge is 2.07. The lowest BCUT2D eigenvalue weighted by Crippen LogP contribution is -2.33. The molecule has 0 spiro atoms. The van der Waals surface area contributed by atoms with Crippen molar-refractivity contribution >= 4 is 29.1 Å². The van der Waals surface area contributed by atoms with E-state index >= 15 is 0 Å². The molecule has 5 nitrogen and oxygen atoms in total. The average Bonchev–Trinajstić information content (AvgIpc) is 2.56. The van der Waals surface area contributed by atoms with Gasteiger partial charge in [0.15, 0.2) is 0 Å². The zero-order chi connectivity index (χ0) is 16.7. The highest BCUT2D eigenvalue weighted by molar-refractivity contribution is 6.30. The summed E-state index contributed by atoms with van der Waals surface area (Å²) in [5, 5.41) is 14.5. The van der Waals surface area contributed by atoms with Gasteiger partial charge in [0.05, 0.1) is 24.6 Å². The first-order chi connectivity index (χ1) is 11.1. The SMILES string of the molecule is N#Cc1ccc(NC(=O)CNC(=O)Cc2ccc(Cl)cc2)cc1. The molecule has 2 aromatic carbocycles. The van der Waals surface area contributed by atoms with Crippen LogP contribution in [0.25, 0.3) is 0 Å². The summed E-state index contributed by atoms with van der Waals surface area (Å²) in [6.45, 7) is -0.119. The van der Waals surface area contributed by atoms with Gasteiger partial charge in [-0.05, 0) is 42.0 Å². The van der Waals surface area contributed by atoms with Gasteiger partial charge in [-0.2, -0.15) is 5.26 Å². The molecule has 0 saturated carbocycles. The highest BCUT2D eigenvalue weighted by atomic mass is 35.5. The summed E-state index contributed by atoms with van der Waals surface area (Å²) in [6.07, 6.45) is 0.182. The number of rotatable bonds is 5. The van der Waals surface area contributed by atoms with Crippen molar-refractivity contribution in [1.29, 1.82) is 5.26 Å². The van der Waals surface area contributed by atoms with E-state index in [1.54, 1.807) is 48.5 Å². The van der Waals surface area contributed by atoms with Crippen LogP contribution in [-0.2, 0) is 16.0 Å². The van der Waals surface area contributed by atoms with Gasteiger partial charge in [0.25, 0.3) is 0 Å². The topological polar surface area (TPSA) is 82.0 Å². The van der Waals surface area contributed by atoms with E-state index in [9.17, 15) is 9.59 Å². The smallest absolute Gasteiger partial charge is 0.243 e. The quantitative estimate of drug-likeness (QED) is 0.885. The van der Waals surface area contributed by atoms with Gasteiger partial charge in [0.2, 0.25) is 11.8 Å². The fraction of sp³-hybridized carbons (Fsp3) is 0.118. The summed E-state index contributed by atoms with van der Waals surface area (Å²) in [6, 6.07) is 15.4. The molecule has 6 heteroatoms. The molecule has 116 valence electrons. The van der Waals surface area contributed by atoms with Crippen LogP contribution in [0.1, 0.15) is 11.1 Å². The van der Waals surface area contributed by atoms with Crippen molar-refractivity contribution < 1.29 is 9.59 Å². The number of anilines is 1. The summed E-state index contributed by atoms with van der Waals surface area (Å²) in [7, 11) is 0. The number of nitrogens with one attached hydrogen (secondary N) is 2. The Labute approximate surface area is 138 Å². The van der Waals surface area contributed by atoms with Gasteiger partial charge in [0, 0.05) is 10.7 Å². The van der Waals surface area contributed by atoms with Gasteiger partial charge in [-0.15, -0.1) is 0 Å². The molecule has 0 heterocycles. The van der Waals surface area contributed by atoms with Gasteiger partial charge < -0.3 is 10.6 Å². The molecule has 0 aliphatic rings. The van der Waals surface area contributed by atoms with Crippen molar-refractivity contribution in [3.05, 3.63) is 64.7 Å². The van der Waals surface area contributed by atoms with Crippen LogP contribution in [0.2, 0.25) is 5.02 Å². The molecule has 0 unspecified atom stereocenters. The largest absolute Gasteiger partial charge is 0.347 e. The lowest BCUT2D eigenvalue weighted by atomic mass is 10.1. The molecule has 0 aliphatic heterocycles. The molecule has 2 rings (SSSR count). The maximum absolute atomic E-state index is 11.8. The second-order valence-electron chi connectivity index (χ2n) is 4.82. The van der Waals surface area contributed by atoms with Gasteiger partial charge in [0.1, 0.15) is 0 Å². The first-order valence-electron chi connectivity index (χ1n) is 6.88. The van der Waals surface area contributed by atoms with Crippen LogP contribution in [0.4, 0.5) is 5.69 Å². The van der Waals surface area contributed by atoms with Gasteiger partial charge in [-0.25, -0.2) is 0 Å². The van der Waals surface area contributed by atoms with Crippen LogP contribution in [0.5, 0.6) is 0 Å². The molecule has 2 aromatic rings. The molecular formula is C17H14ClN3O2. The third-order valence-corrected chi connectivity index (χ3v) is 3.27. The number of hydrogen-bond donors (Lipinski definition) is 2. The summed E-state index contributed by atoms with van der Waals surface area (Å²) < 4.78 is 0. The molecule has 23 heavy (non-hydrogen) atoms. The van der Waals surface area contributed by atoms with Crippen molar-refractivity contribution in [3.63, 3.8) is 0 Å². The Morgan fingerprint density at radius 1 is 1.00 bits per heavy atom. The summed E-state index contributed by atoms with van der Waals surface area (Å²) in [5.41, 5.74) is 1.90. The number of nitriles is 1. The maximum atomic E-state index is 11.8. The van der Waals surface area contributed by atoms with Crippen LogP contribution in [0.3, 0.4) is 0 Å². The zero-order valence-electron chi connectivity index (χ0n) is 12.2. The van der Waals surface area contributed by atoms with Crippen LogP contribution in [0.15, 0.2) is 48.5 Å². The van der Waals surface area contributed by atoms with Gasteiger partial charge in [-0.1, -0.05) is 23.7 Å². The second kappa shape index (κ2) is 7.97. The van der Waals surface area contributed by atoms with Crippen LogP contribution in [-0.4, -0.2) is 18.4 Å². The number of halogens is 1. The average molecular weight is 328 g/mol. The third kappa shape index (κ3) is 5.46. The predicted molar refractivity (Wildman–Crippen MR) is 88.0 cm³/mol. The highest BCUT2D eigenvalue weighted by Crippen LogP contribution is 2.10. The Morgan fingerprint density at radius 2 is 1.65 bits per heavy atom. The van der Waals surface area contributed by atoms with Crippen LogP contribution >= 0.6 is 11.6 Å². The van der Waals surface area contributed by atoms with Crippen LogP contribution < -0.4 is 10.6 Å². The molecule has 0 fully saturated rings. The Balaban J connectivity index is 1.78. The van der Waals surface area contributed by atoms with E-state index in [1.165, 1.54) is 0 Å². The number of amides is 2. The minimum atomic E-state index is -0.334. The first-order valence-corrected chi connectivity index (χ1v) is 7.26. The number of hydrogen-bond acceptors (Lipinski definition) is 3. The molecule has 2 N–H and O–H groups in total. The van der Waals surface area contributed by atoms with Crippen molar-refractivity contribution in [1.82, 2.24) is 5.32 Å². The fourth-order valence-electron chi connectivity index (χ4n) is 1.86. The van der Waals surface area contributed by atoms with E-state index in [1.807, 2.05) is 6.07 Å². The fourth-order valence-corrected chi connectivity index (χ4v) is 1.99. The lowest BCUT2D eigenvalue weighted by molar-refractivity contribution is -0.123. The van der Waals surface area contributed by atoms with Gasteiger partial charge in [-0.3, -0.25) is 9.59 Å². The van der Waals surface area contributed by atoms with E-state index in [2.05, 4.69) is 10.6 Å². The molecule has 0 saturated heterocycles. The Bertz CT molecular complexity index is 734. The Hall–Kier alpha value is -2.84. The molecular weight excluding hydrogens is 314 g/mol. The second-order valence-corrected chi connectivity index (χ2v) is 5.25. The number of nitrogens with zero attached hydrogens (tertiary/aromatic N) is 1. The predicted octanol–water partition coefficient (Wildman–Crippen LogP) is 2.51. The van der Waals surface area contributed by atoms with Crippen molar-refractivity contribution in [2.45, 2.75) is 6.42 Å². The minimum Gasteiger partial charge on any atom is -0.347 e. The van der Waals surface area contributed by atoms with Gasteiger partial charge >= 0.3 is 0 Å². The number of carbonyl (C=O) groups excluding carboxylic acids is 2. The number of benzene rings is 2. The summed E-state index contributed by atoms with van der Waals surface area (Å²) in [4.78, 5) is 23.5. The number of carbonyl (C=O) groups is 2. The lowest BCUT2D eigenvalue weighted by Gasteiger charge is -2.07. The monoisotopic (exact) mass is 327 g/mol. The standard InChI is InChI=1S/C17H14ClN3O2/c18-14-5-1-12(2-6-14)9-16(22)20-11-17(23)21-15-7-3-13(10-19)4-8-15/h1-8H,9,11H2,(H,20,22)(H,21,23).